The van der Waals surface area contributed by atoms with E-state index in [1.807, 2.05) is 0 Å². The molecule has 0 amide bonds. The van der Waals surface area contributed by atoms with Crippen molar-refractivity contribution >= 4 is 5.95 Å². The number of imidazole rings is 1. The molecule has 0 bridgehead atoms. The van der Waals surface area contributed by atoms with Crippen LogP contribution in [0.5, 0.6) is 0 Å². The van der Waals surface area contributed by atoms with E-state index >= 15 is 0 Å². The van der Waals surface area contributed by atoms with E-state index in [0.29, 0.717) is 0 Å². The van der Waals surface area contributed by atoms with Gasteiger partial charge in [-0.05, 0) is 0 Å². The third-order valence-electron chi connectivity index (χ3n) is 1.51. The molecular formula is C6H7N7O. The summed E-state index contributed by atoms with van der Waals surface area (Å²) >= 11 is 0. The second kappa shape index (κ2) is 3.26. The maximum absolute atomic E-state index is 11.0. The van der Waals surface area contributed by atoms with E-state index in [2.05, 4.69) is 25.4 Å². The summed E-state index contributed by atoms with van der Waals surface area (Å²) in [6, 6.07) is 0. The smallest absolute Gasteiger partial charge is 0.294 e. The summed E-state index contributed by atoms with van der Waals surface area (Å²) in [4.78, 5) is 24.7. The Labute approximate surface area is 77.8 Å². The lowest BCUT2D eigenvalue weighted by Gasteiger charge is -2.01. The van der Waals surface area contributed by atoms with Crippen LogP contribution in [0.1, 0.15) is 0 Å². The highest BCUT2D eigenvalue weighted by Crippen LogP contribution is 1.98. The third-order valence-corrected chi connectivity index (χ3v) is 1.51. The van der Waals surface area contributed by atoms with Crippen molar-refractivity contribution in [1.82, 2.24) is 24.5 Å². The van der Waals surface area contributed by atoms with Crippen molar-refractivity contribution in [3.05, 3.63) is 29.2 Å². The molecule has 0 spiro atoms. The molecule has 8 heteroatoms. The van der Waals surface area contributed by atoms with Crippen molar-refractivity contribution in [1.29, 1.82) is 0 Å². The molecule has 0 aliphatic rings. The molecule has 0 aromatic carbocycles. The van der Waals surface area contributed by atoms with Crippen LogP contribution in [0, 0.1) is 0 Å². The number of H-pyrrole nitrogens is 1. The maximum atomic E-state index is 11.0. The zero-order valence-corrected chi connectivity index (χ0v) is 7.01. The third kappa shape index (κ3) is 1.45. The van der Waals surface area contributed by atoms with Gasteiger partial charge < -0.3 is 0 Å². The number of aromatic amines is 1. The van der Waals surface area contributed by atoms with Crippen molar-refractivity contribution in [2.24, 2.45) is 5.84 Å². The number of hydrazine groups is 1. The summed E-state index contributed by atoms with van der Waals surface area (Å²) in [6.45, 7) is 0. The molecule has 2 aromatic heterocycles. The Hall–Kier alpha value is -2.22. The van der Waals surface area contributed by atoms with Gasteiger partial charge in [-0.15, -0.1) is 0 Å². The lowest BCUT2D eigenvalue weighted by Crippen LogP contribution is -2.21. The highest BCUT2D eigenvalue weighted by atomic mass is 16.1. The monoisotopic (exact) mass is 193 g/mol. The molecule has 72 valence electrons. The average molecular weight is 193 g/mol. The minimum absolute atomic E-state index is 0.147. The normalized spacial score (nSPS) is 10.1. The molecule has 0 aliphatic heterocycles. The van der Waals surface area contributed by atoms with Gasteiger partial charge in [0.2, 0.25) is 11.9 Å². The topological polar surface area (TPSA) is 115 Å². The second-order valence-corrected chi connectivity index (χ2v) is 2.42. The van der Waals surface area contributed by atoms with Crippen molar-refractivity contribution in [2.75, 3.05) is 5.43 Å². The number of nitrogen functional groups attached to an aromatic ring is 1. The molecule has 2 heterocycles. The highest BCUT2D eigenvalue weighted by molar-refractivity contribution is 5.24. The summed E-state index contributed by atoms with van der Waals surface area (Å²) < 4.78 is 1.50. The van der Waals surface area contributed by atoms with E-state index in [-0.39, 0.29) is 11.9 Å². The fourth-order valence-corrected chi connectivity index (χ4v) is 0.934. The van der Waals surface area contributed by atoms with Gasteiger partial charge in [-0.1, -0.05) is 0 Å². The fraction of sp³-hybridized carbons (Fsp3) is 0. The lowest BCUT2D eigenvalue weighted by molar-refractivity contribution is 0.868. The minimum Gasteiger partial charge on any atom is -0.294 e. The molecule has 0 atom stereocenters. The molecule has 0 aliphatic carbocycles. The fourth-order valence-electron chi connectivity index (χ4n) is 0.934. The van der Waals surface area contributed by atoms with Crippen LogP contribution in [0.4, 0.5) is 5.95 Å². The van der Waals surface area contributed by atoms with Crippen LogP contribution in [0.2, 0.25) is 0 Å². The first-order valence-electron chi connectivity index (χ1n) is 3.73. The molecule has 0 fully saturated rings. The van der Waals surface area contributed by atoms with Gasteiger partial charge in [-0.3, -0.25) is 15.0 Å². The number of hydrogen-bond donors (Lipinski definition) is 3. The summed E-state index contributed by atoms with van der Waals surface area (Å²) in [7, 11) is 0. The number of hydrogen-bond acceptors (Lipinski definition) is 6. The van der Waals surface area contributed by atoms with Gasteiger partial charge in [0.25, 0.3) is 0 Å². The maximum Gasteiger partial charge on any atom is 0.351 e. The van der Waals surface area contributed by atoms with Crippen molar-refractivity contribution < 1.29 is 0 Å². The first-order valence-corrected chi connectivity index (χ1v) is 3.73. The Morgan fingerprint density at radius 3 is 3.00 bits per heavy atom. The number of nitrogens with one attached hydrogen (secondary N) is 2. The number of anilines is 1. The summed E-state index contributed by atoms with van der Waals surface area (Å²) in [5.41, 5.74) is 1.70. The Kier molecular flexibility index (Phi) is 1.95. The minimum atomic E-state index is -0.531. The molecule has 0 saturated heterocycles. The van der Waals surface area contributed by atoms with E-state index in [1.165, 1.54) is 10.9 Å². The highest BCUT2D eigenvalue weighted by Gasteiger charge is 2.02. The molecule has 0 saturated carbocycles. The van der Waals surface area contributed by atoms with Crippen molar-refractivity contribution in [2.45, 2.75) is 0 Å². The molecule has 14 heavy (non-hydrogen) atoms. The molecule has 2 aromatic rings. The number of nitrogens with two attached hydrogens (primary N) is 1. The van der Waals surface area contributed by atoms with Gasteiger partial charge in [0.15, 0.2) is 0 Å². The summed E-state index contributed by atoms with van der Waals surface area (Å²) in [5, 5.41) is 0. The Bertz CT molecular complexity index is 473. The van der Waals surface area contributed by atoms with Gasteiger partial charge in [-0.25, -0.2) is 15.6 Å². The Morgan fingerprint density at radius 2 is 2.36 bits per heavy atom. The largest absolute Gasteiger partial charge is 0.351 e. The number of rotatable bonds is 2. The van der Waals surface area contributed by atoms with Gasteiger partial charge in [0.05, 0.1) is 0 Å². The Balaban J connectivity index is 2.54. The van der Waals surface area contributed by atoms with Crippen LogP contribution in [-0.4, -0.2) is 24.5 Å². The van der Waals surface area contributed by atoms with E-state index in [9.17, 15) is 4.79 Å². The molecule has 4 N–H and O–H groups in total. The van der Waals surface area contributed by atoms with Gasteiger partial charge in [0.1, 0.15) is 6.33 Å². The second-order valence-electron chi connectivity index (χ2n) is 2.42. The van der Waals surface area contributed by atoms with Crippen molar-refractivity contribution in [3.63, 3.8) is 0 Å². The van der Waals surface area contributed by atoms with Crippen LogP contribution in [0.25, 0.3) is 5.95 Å². The van der Waals surface area contributed by atoms with E-state index in [0.717, 1.165) is 0 Å². The predicted octanol–water partition coefficient (Wildman–Crippen LogP) is -1.36. The van der Waals surface area contributed by atoms with Crippen molar-refractivity contribution in [3.8, 4) is 5.95 Å². The SMILES string of the molecule is NNc1nc(-n2ccnc2)nc(=O)[nH]1. The van der Waals surface area contributed by atoms with E-state index in [4.69, 9.17) is 5.84 Å². The van der Waals surface area contributed by atoms with E-state index in [1.54, 1.807) is 12.4 Å². The average Bonchev–Trinajstić information content (AvgIpc) is 2.69. The van der Waals surface area contributed by atoms with Crippen LogP contribution in [0.3, 0.4) is 0 Å². The number of aromatic nitrogens is 5. The molecule has 8 nitrogen and oxygen atoms in total. The lowest BCUT2D eigenvalue weighted by atomic mass is 10.8. The number of nitrogens with zero attached hydrogens (tertiary/aromatic N) is 4. The molecule has 2 rings (SSSR count). The zero-order chi connectivity index (χ0) is 9.97. The summed E-state index contributed by atoms with van der Waals surface area (Å²) in [5.74, 6) is 5.46. The van der Waals surface area contributed by atoms with Crippen LogP contribution < -0.4 is 17.0 Å². The van der Waals surface area contributed by atoms with Gasteiger partial charge in [-0.2, -0.15) is 9.97 Å². The van der Waals surface area contributed by atoms with Gasteiger partial charge >= 0.3 is 5.69 Å². The summed E-state index contributed by atoms with van der Waals surface area (Å²) in [6.07, 6.45) is 4.66. The first kappa shape index (κ1) is 8.38. The standard InChI is InChI=1S/C6H7N7O/c7-12-4-9-5(11-6(14)10-4)13-2-1-8-3-13/h1-3H,7H2,(H2,9,10,11,12,14). The van der Waals surface area contributed by atoms with Crippen LogP contribution in [-0.2, 0) is 0 Å². The molecular weight excluding hydrogens is 186 g/mol. The Morgan fingerprint density at radius 1 is 1.50 bits per heavy atom. The van der Waals surface area contributed by atoms with Crippen LogP contribution >= 0.6 is 0 Å². The van der Waals surface area contributed by atoms with Crippen LogP contribution in [0.15, 0.2) is 23.5 Å². The first-order chi connectivity index (χ1) is 6.79. The predicted molar refractivity (Wildman–Crippen MR) is 47.6 cm³/mol. The molecule has 0 unspecified atom stereocenters. The van der Waals surface area contributed by atoms with Gasteiger partial charge in [0, 0.05) is 12.4 Å². The zero-order valence-electron chi connectivity index (χ0n) is 7.01. The quantitative estimate of drug-likeness (QED) is 0.400. The molecule has 0 radical (unpaired) electrons. The van der Waals surface area contributed by atoms with E-state index < -0.39 is 5.69 Å².